The van der Waals surface area contributed by atoms with E-state index in [9.17, 15) is 5.11 Å². The molecule has 2 aliphatic heterocycles. The van der Waals surface area contributed by atoms with Crippen LogP contribution in [0.5, 0.6) is 0 Å². The molecule has 60 heavy (non-hydrogen) atoms. The highest BCUT2D eigenvalue weighted by Crippen LogP contribution is 2.69. The minimum atomic E-state index is -1.34. The number of carbonyl (C=O) groups excluding carboxylic acids is 2. The molecule has 310 valence electrons. The Morgan fingerprint density at radius 2 is 1.62 bits per heavy atom. The molecule has 1 saturated heterocycles. The Morgan fingerprint density at radius 3 is 2.30 bits per heavy atom. The molecule has 2 aromatic heterocycles. The van der Waals surface area contributed by atoms with Crippen LogP contribution in [0.2, 0.25) is 5.02 Å². The van der Waals surface area contributed by atoms with Crippen LogP contribution in [0.1, 0.15) is 106 Å². The van der Waals surface area contributed by atoms with E-state index in [1.807, 2.05) is 114 Å². The number of aliphatic hydroxyl groups is 1. The maximum atomic E-state index is 16.0. The van der Waals surface area contributed by atoms with Crippen LogP contribution < -0.4 is 10.6 Å². The monoisotopic (exact) mass is 825 g/mol. The SMILES string of the molecule is CC1(C)CCC2(CC1)N([C@H](c1ccccc1)[C@@H](O)c1ccccc1)[C@@H](C(=O)N[C@H]1CC[C@H](C(=N)OC=N)CC1)[C@H](c1cnc3ccccn13)[C@]21C(=O)Nc2cc(Cl)ccc21. The predicted molar refractivity (Wildman–Crippen MR) is 232 cm³/mol. The molecule has 2 spiro atoms. The van der Waals surface area contributed by atoms with Gasteiger partial charge in [0.05, 0.1) is 12.1 Å². The van der Waals surface area contributed by atoms with Crippen molar-refractivity contribution in [3.05, 3.63) is 137 Å². The first kappa shape index (κ1) is 40.1. The number of hydrogen-bond acceptors (Lipinski definition) is 8. The average molecular weight is 826 g/mol. The zero-order valence-corrected chi connectivity index (χ0v) is 34.7. The lowest BCUT2D eigenvalue weighted by Crippen LogP contribution is -2.64. The first-order valence-corrected chi connectivity index (χ1v) is 21.5. The van der Waals surface area contributed by atoms with Crippen LogP contribution in [0.15, 0.2) is 109 Å². The third-order valence-electron chi connectivity index (χ3n) is 14.3. The molecule has 12 heteroatoms. The summed E-state index contributed by atoms with van der Waals surface area (Å²) >= 11 is 6.69. The van der Waals surface area contributed by atoms with Gasteiger partial charge in [-0.3, -0.25) is 25.3 Å². The maximum Gasteiger partial charge on any atom is 0.238 e. The largest absolute Gasteiger partial charge is 0.432 e. The van der Waals surface area contributed by atoms with Gasteiger partial charge < -0.3 is 24.9 Å². The lowest BCUT2D eigenvalue weighted by Gasteiger charge is -2.56. The third kappa shape index (κ3) is 6.44. The normalized spacial score (nSPS) is 26.6. The zero-order valence-electron chi connectivity index (χ0n) is 34.0. The van der Waals surface area contributed by atoms with Crippen molar-refractivity contribution in [2.24, 2.45) is 11.3 Å². The summed E-state index contributed by atoms with van der Waals surface area (Å²) in [5.41, 5.74) is 2.03. The molecule has 5 N–H and O–H groups in total. The van der Waals surface area contributed by atoms with Crippen molar-refractivity contribution < 1.29 is 19.4 Å². The highest BCUT2D eigenvalue weighted by Gasteiger charge is 2.77. The van der Waals surface area contributed by atoms with Gasteiger partial charge in [0.2, 0.25) is 11.8 Å². The number of ether oxygens (including phenoxy) is 1. The standard InChI is InChI=1S/C48H52ClN7O4/c1-46(2)22-24-47(25-23-46)48(35-21-18-33(49)27-36(35)54-45(48)59)39(37-28-52-38-15-9-10-26-55(37)38)41(44(58)53-34-19-16-32(17-20-34)43(51)60-29-50)56(47)40(30-11-5-3-6-12-30)42(57)31-13-7-4-8-14-31/h3-15,18,21,26-29,32,34,39-42,50-51,57H,16-17,19-20,22-25H2,1-2H3,(H,53,58)(H,54,59)/t32-,34-,39-,40+,41+,42-,48+/m0/s1. The summed E-state index contributed by atoms with van der Waals surface area (Å²) in [6.07, 6.45) is 8.72. The van der Waals surface area contributed by atoms with Gasteiger partial charge in [-0.15, -0.1) is 0 Å². The molecular formula is C48H52ClN7O4. The number of likely N-dealkylation sites (tertiary alicyclic amines) is 1. The number of imidazole rings is 1. The van der Waals surface area contributed by atoms with Gasteiger partial charge in [-0.05, 0) is 97.7 Å². The molecule has 9 rings (SSSR count). The van der Waals surface area contributed by atoms with Crippen molar-refractivity contribution >= 4 is 47.0 Å². The Hall–Kier alpha value is -5.36. The van der Waals surface area contributed by atoms with Gasteiger partial charge in [-0.2, -0.15) is 0 Å². The van der Waals surface area contributed by atoms with Crippen molar-refractivity contribution in [2.45, 2.75) is 106 Å². The first-order chi connectivity index (χ1) is 29.0. The number of amides is 2. The summed E-state index contributed by atoms with van der Waals surface area (Å²) in [5, 5.41) is 36.0. The van der Waals surface area contributed by atoms with E-state index >= 15 is 9.59 Å². The van der Waals surface area contributed by atoms with Crippen molar-refractivity contribution in [1.82, 2.24) is 19.6 Å². The number of halogens is 1. The second kappa shape index (κ2) is 15.6. The minimum absolute atomic E-state index is 0.0384. The Bertz CT molecular complexity index is 2420. The third-order valence-corrected chi connectivity index (χ3v) is 14.5. The highest BCUT2D eigenvalue weighted by molar-refractivity contribution is 6.31. The fourth-order valence-electron chi connectivity index (χ4n) is 11.4. The number of hydrogen-bond donors (Lipinski definition) is 5. The molecule has 0 unspecified atom stereocenters. The molecule has 2 amide bonds. The molecule has 0 radical (unpaired) electrons. The Labute approximate surface area is 355 Å². The Balaban J connectivity index is 1.32. The molecule has 5 aromatic rings. The van der Waals surface area contributed by atoms with Gasteiger partial charge in [0, 0.05) is 52.2 Å². The van der Waals surface area contributed by atoms with Gasteiger partial charge in [-0.1, -0.05) is 98.2 Å². The molecule has 2 aliphatic carbocycles. The van der Waals surface area contributed by atoms with Crippen LogP contribution >= 0.6 is 11.6 Å². The van der Waals surface area contributed by atoms with Crippen molar-refractivity contribution in [3.63, 3.8) is 0 Å². The molecule has 0 bridgehead atoms. The van der Waals surface area contributed by atoms with Gasteiger partial charge in [0.25, 0.3) is 0 Å². The van der Waals surface area contributed by atoms with Crippen LogP contribution in [0.3, 0.4) is 0 Å². The molecule has 2 saturated carbocycles. The summed E-state index contributed by atoms with van der Waals surface area (Å²) in [4.78, 5) is 39.1. The number of anilines is 1. The smallest absolute Gasteiger partial charge is 0.238 e. The predicted octanol–water partition coefficient (Wildman–Crippen LogP) is 8.74. The topological polar surface area (TPSA) is 156 Å². The summed E-state index contributed by atoms with van der Waals surface area (Å²) < 4.78 is 7.16. The van der Waals surface area contributed by atoms with E-state index < -0.39 is 35.1 Å². The van der Waals surface area contributed by atoms with Crippen LogP contribution in [-0.4, -0.2) is 61.1 Å². The van der Waals surface area contributed by atoms with E-state index in [0.717, 1.165) is 36.1 Å². The minimum Gasteiger partial charge on any atom is -0.432 e. The quantitative estimate of drug-likeness (QED) is 0.0740. The number of nitrogens with one attached hydrogen (secondary N) is 4. The number of aromatic nitrogens is 2. The molecule has 3 fully saturated rings. The molecule has 4 heterocycles. The van der Waals surface area contributed by atoms with E-state index in [1.54, 1.807) is 0 Å². The molecule has 5 atom stereocenters. The number of fused-ring (bicyclic) bond motifs is 4. The van der Waals surface area contributed by atoms with Crippen molar-refractivity contribution in [2.75, 3.05) is 5.32 Å². The number of rotatable bonds is 9. The number of carbonyl (C=O) groups is 2. The van der Waals surface area contributed by atoms with Crippen LogP contribution in [0, 0.1) is 22.2 Å². The number of nitrogens with zero attached hydrogens (tertiary/aromatic N) is 3. The van der Waals surface area contributed by atoms with Crippen molar-refractivity contribution in [1.29, 1.82) is 10.8 Å². The number of benzene rings is 3. The summed E-state index contributed by atoms with van der Waals surface area (Å²) in [7, 11) is 0. The second-order valence-corrected chi connectivity index (χ2v) is 18.4. The molecule has 4 aliphatic rings. The maximum absolute atomic E-state index is 16.0. The zero-order chi connectivity index (χ0) is 41.8. The van der Waals surface area contributed by atoms with Gasteiger partial charge in [0.15, 0.2) is 12.3 Å². The molecule has 11 nitrogen and oxygen atoms in total. The van der Waals surface area contributed by atoms with E-state index in [1.165, 1.54) is 0 Å². The van der Waals surface area contributed by atoms with Gasteiger partial charge in [0.1, 0.15) is 17.1 Å². The second-order valence-electron chi connectivity index (χ2n) is 18.0. The van der Waals surface area contributed by atoms with E-state index in [-0.39, 0.29) is 35.1 Å². The Morgan fingerprint density at radius 1 is 0.950 bits per heavy atom. The summed E-state index contributed by atoms with van der Waals surface area (Å²) in [6.45, 7) is 4.55. The lowest BCUT2D eigenvalue weighted by atomic mass is 9.53. The highest BCUT2D eigenvalue weighted by atomic mass is 35.5. The van der Waals surface area contributed by atoms with Crippen LogP contribution in [0.25, 0.3) is 5.65 Å². The van der Waals surface area contributed by atoms with E-state index in [0.29, 0.717) is 60.4 Å². The number of pyridine rings is 1. The van der Waals surface area contributed by atoms with Crippen LogP contribution in [-0.2, 0) is 19.7 Å². The van der Waals surface area contributed by atoms with E-state index in [4.69, 9.17) is 32.1 Å². The fourth-order valence-corrected chi connectivity index (χ4v) is 11.6. The molecular weight excluding hydrogens is 774 g/mol. The van der Waals surface area contributed by atoms with Crippen LogP contribution in [0.4, 0.5) is 5.69 Å². The first-order valence-electron chi connectivity index (χ1n) is 21.1. The molecule has 3 aromatic carbocycles. The number of aliphatic hydroxyl groups excluding tert-OH is 1. The lowest BCUT2D eigenvalue weighted by molar-refractivity contribution is -0.137. The van der Waals surface area contributed by atoms with Gasteiger partial charge >= 0.3 is 0 Å². The van der Waals surface area contributed by atoms with Gasteiger partial charge in [-0.25, -0.2) is 4.98 Å². The van der Waals surface area contributed by atoms with E-state index in [2.05, 4.69) is 29.4 Å². The summed E-state index contributed by atoms with van der Waals surface area (Å²) in [5.74, 6) is -1.27. The fraction of sp³-hybridized carbons (Fsp3) is 0.396. The average Bonchev–Trinajstić information content (AvgIpc) is 3.88. The summed E-state index contributed by atoms with van der Waals surface area (Å²) in [6, 6.07) is 29.1. The van der Waals surface area contributed by atoms with Crippen molar-refractivity contribution in [3.8, 4) is 0 Å². The Kier molecular flexibility index (Phi) is 10.4.